The van der Waals surface area contributed by atoms with E-state index in [0.29, 0.717) is 6.04 Å². The van der Waals surface area contributed by atoms with E-state index in [-0.39, 0.29) is 12.1 Å². The molecule has 1 heterocycles. The van der Waals surface area contributed by atoms with Crippen molar-refractivity contribution in [3.8, 4) is 0 Å². The smallest absolute Gasteiger partial charge is 0.0446 e. The second kappa shape index (κ2) is 7.43. The number of aliphatic hydroxyl groups excluding tert-OH is 1. The van der Waals surface area contributed by atoms with Crippen molar-refractivity contribution in [1.29, 1.82) is 0 Å². The Kier molecular flexibility index (Phi) is 6.57. The largest absolute Gasteiger partial charge is 0.396 e. The lowest BCUT2D eigenvalue weighted by Crippen LogP contribution is -2.55. The first kappa shape index (κ1) is 15.9. The second-order valence-corrected chi connectivity index (χ2v) is 6.23. The molecule has 0 spiro atoms. The van der Waals surface area contributed by atoms with Crippen LogP contribution in [-0.2, 0) is 0 Å². The normalized spacial score (nSPS) is 21.2. The standard InChI is InChI=1S/C14H31N3O/c1-5-15-13(6-11-18)12-16-7-9-17(10-8-16)14(2,3)4/h13,15,18H,5-12H2,1-4H3. The molecular weight excluding hydrogens is 226 g/mol. The number of nitrogens with one attached hydrogen (secondary N) is 1. The number of hydrogen-bond acceptors (Lipinski definition) is 4. The summed E-state index contributed by atoms with van der Waals surface area (Å²) in [5.41, 5.74) is 0.290. The summed E-state index contributed by atoms with van der Waals surface area (Å²) in [6.45, 7) is 15.9. The van der Waals surface area contributed by atoms with Gasteiger partial charge in [-0.2, -0.15) is 0 Å². The summed E-state index contributed by atoms with van der Waals surface area (Å²) in [4.78, 5) is 5.07. The molecule has 1 rings (SSSR count). The lowest BCUT2D eigenvalue weighted by molar-refractivity contribution is 0.0566. The summed E-state index contributed by atoms with van der Waals surface area (Å²) in [6.07, 6.45) is 0.854. The number of piperazine rings is 1. The fraction of sp³-hybridized carbons (Fsp3) is 1.00. The first-order valence-electron chi connectivity index (χ1n) is 7.29. The summed E-state index contributed by atoms with van der Waals surface area (Å²) in [6, 6.07) is 0.432. The summed E-state index contributed by atoms with van der Waals surface area (Å²) in [5, 5.41) is 12.5. The monoisotopic (exact) mass is 257 g/mol. The van der Waals surface area contributed by atoms with Crippen LogP contribution in [0.1, 0.15) is 34.1 Å². The average Bonchev–Trinajstić information content (AvgIpc) is 2.29. The van der Waals surface area contributed by atoms with E-state index in [1.807, 2.05) is 0 Å². The maximum Gasteiger partial charge on any atom is 0.0446 e. The molecule has 0 aromatic rings. The van der Waals surface area contributed by atoms with Crippen LogP contribution in [0.5, 0.6) is 0 Å². The van der Waals surface area contributed by atoms with Gasteiger partial charge < -0.3 is 10.4 Å². The molecule has 0 radical (unpaired) electrons. The van der Waals surface area contributed by atoms with Gasteiger partial charge in [0.2, 0.25) is 0 Å². The molecule has 0 bridgehead atoms. The van der Waals surface area contributed by atoms with Crippen molar-refractivity contribution >= 4 is 0 Å². The Labute approximate surface area is 112 Å². The van der Waals surface area contributed by atoms with Gasteiger partial charge in [0.05, 0.1) is 0 Å². The molecule has 18 heavy (non-hydrogen) atoms. The highest BCUT2D eigenvalue weighted by Crippen LogP contribution is 2.15. The molecule has 4 heteroatoms. The van der Waals surface area contributed by atoms with Crippen molar-refractivity contribution in [2.75, 3.05) is 45.9 Å². The molecule has 0 aliphatic carbocycles. The van der Waals surface area contributed by atoms with E-state index in [9.17, 15) is 0 Å². The van der Waals surface area contributed by atoms with Crippen LogP contribution >= 0.6 is 0 Å². The van der Waals surface area contributed by atoms with Gasteiger partial charge in [0.15, 0.2) is 0 Å². The summed E-state index contributed by atoms with van der Waals surface area (Å²) >= 11 is 0. The van der Waals surface area contributed by atoms with Gasteiger partial charge in [-0.3, -0.25) is 9.80 Å². The van der Waals surface area contributed by atoms with Gasteiger partial charge in [0.1, 0.15) is 0 Å². The first-order chi connectivity index (χ1) is 8.47. The highest BCUT2D eigenvalue weighted by molar-refractivity contribution is 4.83. The molecule has 0 saturated carbocycles. The third-order valence-corrected chi connectivity index (χ3v) is 3.77. The molecule has 1 aliphatic rings. The Morgan fingerprint density at radius 3 is 2.22 bits per heavy atom. The van der Waals surface area contributed by atoms with Crippen LogP contribution in [0.15, 0.2) is 0 Å². The molecule has 0 aromatic carbocycles. The molecule has 1 unspecified atom stereocenters. The molecule has 0 amide bonds. The van der Waals surface area contributed by atoms with E-state index in [2.05, 4.69) is 42.8 Å². The van der Waals surface area contributed by atoms with Gasteiger partial charge in [-0.1, -0.05) is 6.92 Å². The average molecular weight is 257 g/mol. The number of likely N-dealkylation sites (N-methyl/N-ethyl adjacent to an activating group) is 1. The Hall–Kier alpha value is -0.160. The van der Waals surface area contributed by atoms with E-state index in [1.54, 1.807) is 0 Å². The Bertz CT molecular complexity index is 214. The van der Waals surface area contributed by atoms with Crippen LogP contribution in [0.25, 0.3) is 0 Å². The van der Waals surface area contributed by atoms with Gasteiger partial charge >= 0.3 is 0 Å². The zero-order chi connectivity index (χ0) is 13.6. The quantitative estimate of drug-likeness (QED) is 0.737. The highest BCUT2D eigenvalue weighted by atomic mass is 16.3. The Balaban J connectivity index is 2.33. The second-order valence-electron chi connectivity index (χ2n) is 6.23. The zero-order valence-electron chi connectivity index (χ0n) is 12.6. The lowest BCUT2D eigenvalue weighted by Gasteiger charge is -2.43. The Morgan fingerprint density at radius 1 is 1.17 bits per heavy atom. The van der Waals surface area contributed by atoms with Crippen LogP contribution in [0.2, 0.25) is 0 Å². The minimum atomic E-state index is 0.277. The van der Waals surface area contributed by atoms with E-state index >= 15 is 0 Å². The predicted molar refractivity (Wildman–Crippen MR) is 76.9 cm³/mol. The number of nitrogens with zero attached hydrogens (tertiary/aromatic N) is 2. The summed E-state index contributed by atoms with van der Waals surface area (Å²) in [7, 11) is 0. The minimum Gasteiger partial charge on any atom is -0.396 e. The van der Waals surface area contributed by atoms with E-state index in [1.165, 1.54) is 0 Å². The summed E-state index contributed by atoms with van der Waals surface area (Å²) < 4.78 is 0. The van der Waals surface area contributed by atoms with Gasteiger partial charge in [0.25, 0.3) is 0 Å². The topological polar surface area (TPSA) is 38.7 Å². The summed E-state index contributed by atoms with van der Waals surface area (Å²) in [5.74, 6) is 0. The van der Waals surface area contributed by atoms with E-state index in [4.69, 9.17) is 5.11 Å². The van der Waals surface area contributed by atoms with Gasteiger partial charge in [-0.15, -0.1) is 0 Å². The third kappa shape index (κ3) is 5.22. The minimum absolute atomic E-state index is 0.277. The highest BCUT2D eigenvalue weighted by Gasteiger charge is 2.26. The molecule has 1 aliphatic heterocycles. The number of rotatable bonds is 6. The fourth-order valence-corrected chi connectivity index (χ4v) is 2.62. The fourth-order valence-electron chi connectivity index (χ4n) is 2.62. The predicted octanol–water partition coefficient (Wildman–Crippen LogP) is 0.763. The van der Waals surface area contributed by atoms with Crippen LogP contribution in [0, 0.1) is 0 Å². The van der Waals surface area contributed by atoms with Gasteiger partial charge in [-0.25, -0.2) is 0 Å². The molecule has 108 valence electrons. The van der Waals surface area contributed by atoms with E-state index < -0.39 is 0 Å². The Morgan fingerprint density at radius 2 is 1.78 bits per heavy atom. The van der Waals surface area contributed by atoms with Crippen molar-refractivity contribution < 1.29 is 5.11 Å². The molecule has 1 fully saturated rings. The third-order valence-electron chi connectivity index (χ3n) is 3.77. The molecule has 4 nitrogen and oxygen atoms in total. The van der Waals surface area contributed by atoms with E-state index in [0.717, 1.165) is 45.7 Å². The van der Waals surface area contributed by atoms with Crippen molar-refractivity contribution in [1.82, 2.24) is 15.1 Å². The maximum absolute atomic E-state index is 9.07. The van der Waals surface area contributed by atoms with Crippen molar-refractivity contribution in [2.24, 2.45) is 0 Å². The molecule has 1 saturated heterocycles. The first-order valence-corrected chi connectivity index (χ1v) is 7.29. The molecular formula is C14H31N3O. The van der Waals surface area contributed by atoms with Crippen molar-refractivity contribution in [2.45, 2.75) is 45.7 Å². The van der Waals surface area contributed by atoms with Crippen molar-refractivity contribution in [3.63, 3.8) is 0 Å². The zero-order valence-corrected chi connectivity index (χ0v) is 12.6. The lowest BCUT2D eigenvalue weighted by atomic mass is 10.0. The van der Waals surface area contributed by atoms with Crippen LogP contribution < -0.4 is 5.32 Å². The molecule has 2 N–H and O–H groups in total. The van der Waals surface area contributed by atoms with Crippen LogP contribution in [0.3, 0.4) is 0 Å². The number of hydrogen-bond donors (Lipinski definition) is 2. The molecule has 1 atom stereocenters. The van der Waals surface area contributed by atoms with Crippen LogP contribution in [-0.4, -0.2) is 72.4 Å². The van der Waals surface area contributed by atoms with Crippen molar-refractivity contribution in [3.05, 3.63) is 0 Å². The van der Waals surface area contributed by atoms with Gasteiger partial charge in [-0.05, 0) is 33.7 Å². The maximum atomic E-state index is 9.07. The molecule has 0 aromatic heterocycles. The SMILES string of the molecule is CCNC(CCO)CN1CCN(C(C)(C)C)CC1. The van der Waals surface area contributed by atoms with Gasteiger partial charge in [0, 0.05) is 50.9 Å². The number of aliphatic hydroxyl groups is 1. The van der Waals surface area contributed by atoms with Crippen LogP contribution in [0.4, 0.5) is 0 Å².